The summed E-state index contributed by atoms with van der Waals surface area (Å²) in [6.45, 7) is 1.52. The van der Waals surface area contributed by atoms with E-state index in [2.05, 4.69) is 14.9 Å². The van der Waals surface area contributed by atoms with E-state index in [1.807, 2.05) is 30.3 Å². The van der Waals surface area contributed by atoms with Crippen LogP contribution in [0.5, 0.6) is 0 Å². The number of nitrogens with zero attached hydrogens (tertiary/aromatic N) is 3. The fourth-order valence-corrected chi connectivity index (χ4v) is 2.67. The smallest absolute Gasteiger partial charge is 0.397 e. The zero-order valence-electron chi connectivity index (χ0n) is 12.5. The van der Waals surface area contributed by atoms with Crippen LogP contribution >= 0.6 is 11.3 Å². The number of esters is 1. The highest BCUT2D eigenvalue weighted by molar-refractivity contribution is 7.14. The van der Waals surface area contributed by atoms with Crippen LogP contribution in [0.1, 0.15) is 11.9 Å². The molecular weight excluding hydrogens is 318 g/mol. The number of amides is 1. The SMILES string of the molecule is CCOC(=O)C(=O)N(CC=O)Cc1nnc(-c2ccccc2)s1. The van der Waals surface area contributed by atoms with Crippen molar-refractivity contribution in [3.05, 3.63) is 35.3 Å². The van der Waals surface area contributed by atoms with E-state index in [-0.39, 0.29) is 19.7 Å². The second kappa shape index (κ2) is 8.14. The van der Waals surface area contributed by atoms with E-state index < -0.39 is 11.9 Å². The zero-order chi connectivity index (χ0) is 16.7. The molecule has 0 atom stereocenters. The molecule has 1 amide bonds. The first kappa shape index (κ1) is 16.8. The number of aromatic nitrogens is 2. The molecule has 2 rings (SSSR count). The fourth-order valence-electron chi connectivity index (χ4n) is 1.81. The average molecular weight is 333 g/mol. The lowest BCUT2D eigenvalue weighted by molar-refractivity contribution is -0.160. The Kier molecular flexibility index (Phi) is 5.93. The van der Waals surface area contributed by atoms with Crippen molar-refractivity contribution in [2.45, 2.75) is 13.5 Å². The van der Waals surface area contributed by atoms with Crippen LogP contribution in [0.3, 0.4) is 0 Å². The van der Waals surface area contributed by atoms with Crippen LogP contribution in [0.2, 0.25) is 0 Å². The Labute approximate surface area is 136 Å². The van der Waals surface area contributed by atoms with E-state index in [9.17, 15) is 14.4 Å². The van der Waals surface area contributed by atoms with Crippen molar-refractivity contribution in [3.63, 3.8) is 0 Å². The number of hydrogen-bond acceptors (Lipinski definition) is 7. The van der Waals surface area contributed by atoms with Gasteiger partial charge in [-0.05, 0) is 6.92 Å². The zero-order valence-corrected chi connectivity index (χ0v) is 13.3. The molecule has 23 heavy (non-hydrogen) atoms. The Morgan fingerprint density at radius 1 is 1.26 bits per heavy atom. The molecular formula is C15H15N3O4S. The van der Waals surface area contributed by atoms with Crippen LogP contribution in [0.15, 0.2) is 30.3 Å². The minimum Gasteiger partial charge on any atom is -0.459 e. The molecule has 1 aromatic carbocycles. The maximum absolute atomic E-state index is 12.0. The lowest BCUT2D eigenvalue weighted by Crippen LogP contribution is -2.38. The first-order valence-corrected chi connectivity index (χ1v) is 7.74. The summed E-state index contributed by atoms with van der Waals surface area (Å²) >= 11 is 1.30. The molecule has 0 saturated carbocycles. The third-order valence-corrected chi connectivity index (χ3v) is 3.80. The van der Waals surface area contributed by atoms with Crippen molar-refractivity contribution in [1.82, 2.24) is 15.1 Å². The van der Waals surface area contributed by atoms with Gasteiger partial charge in [-0.3, -0.25) is 4.79 Å². The molecule has 0 radical (unpaired) electrons. The lowest BCUT2D eigenvalue weighted by atomic mass is 10.2. The van der Waals surface area contributed by atoms with Gasteiger partial charge in [-0.2, -0.15) is 0 Å². The summed E-state index contributed by atoms with van der Waals surface area (Å²) in [5.74, 6) is -1.85. The van der Waals surface area contributed by atoms with Crippen LogP contribution < -0.4 is 0 Å². The molecule has 0 saturated heterocycles. The largest absolute Gasteiger partial charge is 0.459 e. The number of carbonyl (C=O) groups is 3. The number of benzene rings is 1. The number of carbonyl (C=O) groups excluding carboxylic acids is 3. The van der Waals surface area contributed by atoms with Gasteiger partial charge >= 0.3 is 11.9 Å². The molecule has 0 N–H and O–H groups in total. The maximum Gasteiger partial charge on any atom is 0.397 e. The van der Waals surface area contributed by atoms with Gasteiger partial charge in [-0.25, -0.2) is 4.79 Å². The maximum atomic E-state index is 12.0. The Morgan fingerprint density at radius 2 is 2.00 bits per heavy atom. The molecule has 0 fully saturated rings. The Morgan fingerprint density at radius 3 is 2.65 bits per heavy atom. The molecule has 8 heteroatoms. The number of rotatable bonds is 6. The van der Waals surface area contributed by atoms with E-state index in [4.69, 9.17) is 0 Å². The van der Waals surface area contributed by atoms with Crippen molar-refractivity contribution in [3.8, 4) is 10.6 Å². The third-order valence-electron chi connectivity index (χ3n) is 2.85. The summed E-state index contributed by atoms with van der Waals surface area (Å²) in [6, 6.07) is 9.47. The van der Waals surface area contributed by atoms with Gasteiger partial charge in [0, 0.05) is 5.56 Å². The van der Waals surface area contributed by atoms with Crippen molar-refractivity contribution in [1.29, 1.82) is 0 Å². The Hall–Kier alpha value is -2.61. The lowest BCUT2D eigenvalue weighted by Gasteiger charge is -2.16. The van der Waals surface area contributed by atoms with Crippen molar-refractivity contribution < 1.29 is 19.1 Å². The van der Waals surface area contributed by atoms with Gasteiger partial charge in [-0.1, -0.05) is 41.7 Å². The van der Waals surface area contributed by atoms with Gasteiger partial charge in [-0.15, -0.1) is 10.2 Å². The number of ether oxygens (including phenoxy) is 1. The van der Waals surface area contributed by atoms with Crippen molar-refractivity contribution in [2.24, 2.45) is 0 Å². The van der Waals surface area contributed by atoms with Crippen molar-refractivity contribution >= 4 is 29.5 Å². The average Bonchev–Trinajstić information content (AvgIpc) is 3.03. The molecule has 0 bridgehead atoms. The molecule has 1 heterocycles. The molecule has 1 aromatic heterocycles. The van der Waals surface area contributed by atoms with E-state index in [1.54, 1.807) is 6.92 Å². The molecule has 0 unspecified atom stereocenters. The van der Waals surface area contributed by atoms with Gasteiger partial charge in [0.15, 0.2) is 0 Å². The van der Waals surface area contributed by atoms with Crippen LogP contribution in [-0.4, -0.2) is 46.4 Å². The molecule has 120 valence electrons. The van der Waals surface area contributed by atoms with Gasteiger partial charge < -0.3 is 14.4 Å². The Bertz CT molecular complexity index is 687. The summed E-state index contributed by atoms with van der Waals surface area (Å²) in [5.41, 5.74) is 0.912. The minimum absolute atomic E-state index is 0.0287. The summed E-state index contributed by atoms with van der Waals surface area (Å²) in [6.07, 6.45) is 0.552. The molecule has 2 aromatic rings. The predicted molar refractivity (Wildman–Crippen MR) is 83.5 cm³/mol. The molecule has 0 aliphatic heterocycles. The minimum atomic E-state index is -0.984. The standard InChI is InChI=1S/C15H15N3O4S/c1-2-22-15(21)14(20)18(8-9-19)10-12-16-17-13(23-12)11-6-4-3-5-7-11/h3-7,9H,2,8,10H2,1H3. The van der Waals surface area contributed by atoms with Crippen LogP contribution in [0.25, 0.3) is 10.6 Å². The third kappa shape index (κ3) is 4.43. The second-order valence-corrected chi connectivity index (χ2v) is 5.50. The highest BCUT2D eigenvalue weighted by atomic mass is 32.1. The van der Waals surface area contributed by atoms with Gasteiger partial charge in [0.05, 0.1) is 19.7 Å². The van der Waals surface area contributed by atoms with E-state index in [0.29, 0.717) is 16.3 Å². The normalized spacial score (nSPS) is 10.1. The molecule has 0 aliphatic carbocycles. The number of hydrogen-bond donors (Lipinski definition) is 0. The topological polar surface area (TPSA) is 89.5 Å². The molecule has 0 aliphatic rings. The molecule has 0 spiro atoms. The van der Waals surface area contributed by atoms with E-state index >= 15 is 0 Å². The molecule has 7 nitrogen and oxygen atoms in total. The van der Waals surface area contributed by atoms with E-state index in [1.165, 1.54) is 11.3 Å². The summed E-state index contributed by atoms with van der Waals surface area (Å²) in [7, 11) is 0. The summed E-state index contributed by atoms with van der Waals surface area (Å²) in [5, 5.41) is 9.31. The van der Waals surface area contributed by atoms with Crippen LogP contribution in [0.4, 0.5) is 0 Å². The van der Waals surface area contributed by atoms with Gasteiger partial charge in [0.2, 0.25) is 0 Å². The van der Waals surface area contributed by atoms with Crippen molar-refractivity contribution in [2.75, 3.05) is 13.2 Å². The Balaban J connectivity index is 2.11. The highest BCUT2D eigenvalue weighted by Gasteiger charge is 2.24. The summed E-state index contributed by atoms with van der Waals surface area (Å²) < 4.78 is 4.66. The first-order valence-electron chi connectivity index (χ1n) is 6.93. The van der Waals surface area contributed by atoms with E-state index in [0.717, 1.165) is 10.5 Å². The quantitative estimate of drug-likeness (QED) is 0.450. The van der Waals surface area contributed by atoms with Gasteiger partial charge in [0.25, 0.3) is 0 Å². The second-order valence-electron chi connectivity index (χ2n) is 4.44. The predicted octanol–water partition coefficient (Wildman–Crippen LogP) is 1.30. The fraction of sp³-hybridized carbons (Fsp3) is 0.267. The summed E-state index contributed by atoms with van der Waals surface area (Å²) in [4.78, 5) is 35.3. The van der Waals surface area contributed by atoms with Gasteiger partial charge in [0.1, 0.15) is 16.3 Å². The number of aldehydes is 1. The monoisotopic (exact) mass is 333 g/mol. The first-order chi connectivity index (χ1) is 11.2. The highest BCUT2D eigenvalue weighted by Crippen LogP contribution is 2.23. The van der Waals surface area contributed by atoms with Crippen LogP contribution in [-0.2, 0) is 25.7 Å². The van der Waals surface area contributed by atoms with Crippen LogP contribution in [0, 0.1) is 0 Å².